The normalized spacial score (nSPS) is 17.2. The highest BCUT2D eigenvalue weighted by molar-refractivity contribution is 5.89. The summed E-state index contributed by atoms with van der Waals surface area (Å²) < 4.78 is 1.80. The number of anilines is 1. The number of urea groups is 1. The van der Waals surface area contributed by atoms with Gasteiger partial charge in [0.25, 0.3) is 0 Å². The molecule has 2 heterocycles. The highest BCUT2D eigenvalue weighted by Gasteiger charge is 2.30. The first-order valence-electron chi connectivity index (χ1n) is 7.90. The second-order valence-electron chi connectivity index (χ2n) is 6.07. The third-order valence-electron chi connectivity index (χ3n) is 4.23. The fraction of sp³-hybridized carbons (Fsp3) is 0.412. The number of hydrogen-bond acceptors (Lipinski definition) is 3. The molecule has 1 aromatic carbocycles. The van der Waals surface area contributed by atoms with Gasteiger partial charge in [0.2, 0.25) is 0 Å². The fourth-order valence-electron chi connectivity index (χ4n) is 2.97. The third-order valence-corrected chi connectivity index (χ3v) is 4.23. The van der Waals surface area contributed by atoms with E-state index in [2.05, 4.69) is 16.5 Å². The number of hydrogen-bond donors (Lipinski definition) is 2. The highest BCUT2D eigenvalue weighted by atomic mass is 16.3. The lowest BCUT2D eigenvalue weighted by molar-refractivity contribution is 0.135. The van der Waals surface area contributed by atoms with Crippen LogP contribution in [0.2, 0.25) is 0 Å². The van der Waals surface area contributed by atoms with Gasteiger partial charge in [-0.15, -0.1) is 0 Å². The van der Waals surface area contributed by atoms with Crippen LogP contribution >= 0.6 is 0 Å². The van der Waals surface area contributed by atoms with Crippen molar-refractivity contribution >= 4 is 11.7 Å². The minimum Gasteiger partial charge on any atom is -0.394 e. The largest absolute Gasteiger partial charge is 0.394 e. The van der Waals surface area contributed by atoms with E-state index in [1.54, 1.807) is 15.8 Å². The van der Waals surface area contributed by atoms with Crippen molar-refractivity contribution in [2.24, 2.45) is 0 Å². The van der Waals surface area contributed by atoms with Crippen LogP contribution in [-0.4, -0.2) is 39.0 Å². The summed E-state index contributed by atoms with van der Waals surface area (Å²) in [4.78, 5) is 14.3. The summed E-state index contributed by atoms with van der Waals surface area (Å²) >= 11 is 0. The van der Waals surface area contributed by atoms with Gasteiger partial charge in [-0.2, -0.15) is 5.10 Å². The Hall–Kier alpha value is -2.34. The molecule has 0 fully saturated rings. The number of amides is 2. The van der Waals surface area contributed by atoms with Crippen molar-refractivity contribution in [3.8, 4) is 0 Å². The van der Waals surface area contributed by atoms with E-state index in [0.717, 1.165) is 12.0 Å². The lowest BCUT2D eigenvalue weighted by Crippen LogP contribution is -2.43. The Bertz CT molecular complexity index is 695. The second kappa shape index (κ2) is 6.42. The first-order valence-corrected chi connectivity index (χ1v) is 7.90. The Labute approximate surface area is 135 Å². The molecule has 1 aliphatic heterocycles. The monoisotopic (exact) mass is 314 g/mol. The molecular weight excluding hydrogens is 292 g/mol. The van der Waals surface area contributed by atoms with Gasteiger partial charge < -0.3 is 15.3 Å². The Balaban J connectivity index is 1.76. The first-order chi connectivity index (χ1) is 11.1. The molecule has 1 aromatic heterocycles. The topological polar surface area (TPSA) is 70.4 Å². The van der Waals surface area contributed by atoms with Crippen LogP contribution in [0.15, 0.2) is 36.7 Å². The SMILES string of the molecule is CC(C)n1cc(NC(=O)N2CCc3ccccc3[C@H]2CO)cn1. The third kappa shape index (κ3) is 3.07. The number of rotatable bonds is 3. The molecule has 0 bridgehead atoms. The zero-order chi connectivity index (χ0) is 16.4. The quantitative estimate of drug-likeness (QED) is 0.915. The van der Waals surface area contributed by atoms with Gasteiger partial charge in [-0.05, 0) is 31.4 Å². The maximum Gasteiger partial charge on any atom is 0.322 e. The van der Waals surface area contributed by atoms with E-state index in [9.17, 15) is 9.90 Å². The summed E-state index contributed by atoms with van der Waals surface area (Å²) in [5, 5.41) is 16.9. The minimum absolute atomic E-state index is 0.0876. The Kier molecular flexibility index (Phi) is 4.34. The van der Waals surface area contributed by atoms with Crippen molar-refractivity contribution in [3.05, 3.63) is 47.8 Å². The molecule has 1 atom stereocenters. The van der Waals surface area contributed by atoms with Gasteiger partial charge >= 0.3 is 6.03 Å². The molecule has 6 heteroatoms. The summed E-state index contributed by atoms with van der Waals surface area (Å²) in [6.45, 7) is 4.56. The standard InChI is InChI=1S/C17H22N4O2/c1-12(2)21-10-14(9-18-21)19-17(23)20-8-7-13-5-3-4-6-15(13)16(20)11-22/h3-6,9-10,12,16,22H,7-8,11H2,1-2H3,(H,19,23)/t16-/m1/s1. The van der Waals surface area contributed by atoms with Gasteiger partial charge in [0.15, 0.2) is 0 Å². The molecule has 3 rings (SSSR count). The minimum atomic E-state index is -0.305. The van der Waals surface area contributed by atoms with E-state index in [0.29, 0.717) is 12.2 Å². The number of carbonyl (C=O) groups is 1. The van der Waals surface area contributed by atoms with Crippen molar-refractivity contribution < 1.29 is 9.90 Å². The van der Waals surface area contributed by atoms with Gasteiger partial charge in [-0.1, -0.05) is 24.3 Å². The first kappa shape index (κ1) is 15.6. The van der Waals surface area contributed by atoms with Gasteiger partial charge in [0.1, 0.15) is 0 Å². The molecule has 23 heavy (non-hydrogen) atoms. The highest BCUT2D eigenvalue weighted by Crippen LogP contribution is 2.29. The summed E-state index contributed by atoms with van der Waals surface area (Å²) in [5.74, 6) is 0. The van der Waals surface area contributed by atoms with Crippen molar-refractivity contribution in [2.45, 2.75) is 32.4 Å². The number of carbonyl (C=O) groups excluding carboxylic acids is 1. The van der Waals surface area contributed by atoms with Crippen molar-refractivity contribution in [1.82, 2.24) is 14.7 Å². The molecule has 0 radical (unpaired) electrons. The molecule has 2 N–H and O–H groups in total. The van der Waals surface area contributed by atoms with E-state index in [1.807, 2.05) is 38.2 Å². The molecule has 2 aromatic rings. The van der Waals surface area contributed by atoms with Gasteiger partial charge in [-0.25, -0.2) is 4.79 Å². The number of fused-ring (bicyclic) bond motifs is 1. The van der Waals surface area contributed by atoms with Crippen LogP contribution < -0.4 is 5.32 Å². The fourth-order valence-corrected chi connectivity index (χ4v) is 2.97. The molecule has 2 amide bonds. The van der Waals surface area contributed by atoms with Crippen molar-refractivity contribution in [3.63, 3.8) is 0 Å². The smallest absolute Gasteiger partial charge is 0.322 e. The predicted octanol–water partition coefficient (Wildman–Crippen LogP) is 2.59. The van der Waals surface area contributed by atoms with Crippen LogP contribution in [0, 0.1) is 0 Å². The number of benzene rings is 1. The lowest BCUT2D eigenvalue weighted by atomic mass is 9.93. The number of nitrogens with zero attached hydrogens (tertiary/aromatic N) is 3. The Morgan fingerprint density at radius 2 is 2.22 bits per heavy atom. The maximum absolute atomic E-state index is 12.6. The Morgan fingerprint density at radius 3 is 2.91 bits per heavy atom. The molecule has 0 aliphatic carbocycles. The molecule has 0 saturated heterocycles. The van der Waals surface area contributed by atoms with Crippen LogP contribution in [0.5, 0.6) is 0 Å². The number of nitrogens with one attached hydrogen (secondary N) is 1. The van der Waals surface area contributed by atoms with E-state index >= 15 is 0 Å². The maximum atomic E-state index is 12.6. The average Bonchev–Trinajstić information content (AvgIpc) is 3.02. The van der Waals surface area contributed by atoms with Crippen molar-refractivity contribution in [1.29, 1.82) is 0 Å². The van der Waals surface area contributed by atoms with E-state index in [1.165, 1.54) is 5.56 Å². The number of aliphatic hydroxyl groups excluding tert-OH is 1. The number of aromatic nitrogens is 2. The number of aliphatic hydroxyl groups is 1. The van der Waals surface area contributed by atoms with Crippen molar-refractivity contribution in [2.75, 3.05) is 18.5 Å². The summed E-state index contributed by atoms with van der Waals surface area (Å²) in [7, 11) is 0. The van der Waals surface area contributed by atoms with E-state index in [4.69, 9.17) is 0 Å². The summed E-state index contributed by atoms with van der Waals surface area (Å²) in [6, 6.07) is 7.69. The molecule has 1 aliphatic rings. The second-order valence-corrected chi connectivity index (χ2v) is 6.07. The van der Waals surface area contributed by atoms with E-state index < -0.39 is 0 Å². The van der Waals surface area contributed by atoms with Crippen LogP contribution in [0.3, 0.4) is 0 Å². The van der Waals surface area contributed by atoms with Crippen LogP contribution in [0.4, 0.5) is 10.5 Å². The predicted molar refractivity (Wildman–Crippen MR) is 88.3 cm³/mol. The van der Waals surface area contributed by atoms with Gasteiger partial charge in [0, 0.05) is 18.8 Å². The zero-order valence-corrected chi connectivity index (χ0v) is 13.4. The van der Waals surface area contributed by atoms with Crippen LogP contribution in [-0.2, 0) is 6.42 Å². The molecule has 122 valence electrons. The van der Waals surface area contributed by atoms with E-state index in [-0.39, 0.29) is 24.7 Å². The van der Waals surface area contributed by atoms with Crippen LogP contribution in [0.25, 0.3) is 0 Å². The Morgan fingerprint density at radius 1 is 1.43 bits per heavy atom. The summed E-state index contributed by atoms with van der Waals surface area (Å²) in [5.41, 5.74) is 2.89. The van der Waals surface area contributed by atoms with Gasteiger partial charge in [-0.3, -0.25) is 4.68 Å². The lowest BCUT2D eigenvalue weighted by Gasteiger charge is -2.36. The molecular formula is C17H22N4O2. The molecule has 6 nitrogen and oxygen atoms in total. The molecule has 0 unspecified atom stereocenters. The van der Waals surface area contributed by atoms with Gasteiger partial charge in [0.05, 0.1) is 24.5 Å². The van der Waals surface area contributed by atoms with Crippen LogP contribution in [0.1, 0.15) is 37.1 Å². The molecule has 0 spiro atoms. The zero-order valence-electron chi connectivity index (χ0n) is 13.4. The molecule has 0 saturated carbocycles. The summed E-state index contributed by atoms with van der Waals surface area (Å²) in [6.07, 6.45) is 4.25. The average molecular weight is 314 g/mol.